The number of carbonyl (C=O) groups excluding carboxylic acids is 2. The van der Waals surface area contributed by atoms with Crippen molar-refractivity contribution in [3.8, 4) is 0 Å². The van der Waals surface area contributed by atoms with E-state index in [-0.39, 0.29) is 17.3 Å². The summed E-state index contributed by atoms with van der Waals surface area (Å²) in [6.45, 7) is 1.27. The van der Waals surface area contributed by atoms with Gasteiger partial charge in [-0.3, -0.25) is 4.79 Å². The van der Waals surface area contributed by atoms with Crippen LogP contribution in [0.1, 0.15) is 44.9 Å². The van der Waals surface area contributed by atoms with Crippen molar-refractivity contribution in [2.75, 3.05) is 20.2 Å². The molecule has 1 N–H and O–H groups in total. The highest BCUT2D eigenvalue weighted by Gasteiger charge is 2.41. The van der Waals surface area contributed by atoms with Gasteiger partial charge in [-0.2, -0.15) is 0 Å². The number of nitrogens with zero attached hydrogens (tertiary/aromatic N) is 3. The summed E-state index contributed by atoms with van der Waals surface area (Å²) in [5, 5.41) is 0. The fourth-order valence-corrected chi connectivity index (χ4v) is 4.63. The Labute approximate surface area is 185 Å². The minimum Gasteiger partial charge on any atom is -0.465 e. The summed E-state index contributed by atoms with van der Waals surface area (Å²) >= 11 is 0. The molecule has 0 aliphatic carbocycles. The number of benzene rings is 1. The normalized spacial score (nSPS) is 15.6. The summed E-state index contributed by atoms with van der Waals surface area (Å²) in [7, 11) is 1.37. The zero-order valence-corrected chi connectivity index (χ0v) is 17.8. The maximum atomic E-state index is 12.8. The molecule has 0 bridgehead atoms. The third-order valence-electron chi connectivity index (χ3n) is 6.43. The molecular weight excluding hydrogens is 404 g/mol. The van der Waals surface area contributed by atoms with Crippen molar-refractivity contribution in [1.29, 1.82) is 0 Å². The van der Waals surface area contributed by atoms with Gasteiger partial charge >= 0.3 is 5.97 Å². The quantitative estimate of drug-likeness (QED) is 0.503. The number of rotatable bonds is 4. The number of likely N-dealkylation sites (tertiary alicyclic amines) is 1. The number of hydrogen-bond donors (Lipinski definition) is 1. The summed E-state index contributed by atoms with van der Waals surface area (Å²) in [5.41, 5.74) is 3.59. The molecule has 1 aromatic carbocycles. The van der Waals surface area contributed by atoms with Gasteiger partial charge in [0.15, 0.2) is 0 Å². The highest BCUT2D eigenvalue weighted by atomic mass is 16.5. The molecule has 0 atom stereocenters. The molecule has 32 heavy (non-hydrogen) atoms. The first-order valence-corrected chi connectivity index (χ1v) is 10.7. The molecule has 0 spiro atoms. The summed E-state index contributed by atoms with van der Waals surface area (Å²) in [4.78, 5) is 34.6. The van der Waals surface area contributed by atoms with Gasteiger partial charge in [-0.25, -0.2) is 9.78 Å². The average Bonchev–Trinajstić information content (AvgIpc) is 3.53. The predicted octanol–water partition coefficient (Wildman–Crippen LogP) is 3.67. The molecule has 5 rings (SSSR count). The van der Waals surface area contributed by atoms with Crippen LogP contribution in [0, 0.1) is 0 Å². The van der Waals surface area contributed by atoms with E-state index in [9.17, 15) is 9.59 Å². The van der Waals surface area contributed by atoms with Gasteiger partial charge < -0.3 is 19.0 Å². The zero-order chi connectivity index (χ0) is 22.1. The van der Waals surface area contributed by atoms with Crippen LogP contribution in [0.2, 0.25) is 0 Å². The molecule has 4 heterocycles. The first-order chi connectivity index (χ1) is 15.6. The second-order valence-corrected chi connectivity index (χ2v) is 8.12. The van der Waals surface area contributed by atoms with Crippen molar-refractivity contribution < 1.29 is 14.3 Å². The lowest BCUT2D eigenvalue weighted by Crippen LogP contribution is -2.46. The Morgan fingerprint density at radius 3 is 2.53 bits per heavy atom. The minimum atomic E-state index is -0.383. The molecule has 7 nitrogen and oxygen atoms in total. The van der Waals surface area contributed by atoms with Gasteiger partial charge in [-0.15, -0.1) is 0 Å². The number of aromatic nitrogens is 3. The third-order valence-corrected chi connectivity index (χ3v) is 6.43. The Bertz CT molecular complexity index is 1250. The smallest absolute Gasteiger partial charge is 0.338 e. The van der Waals surface area contributed by atoms with E-state index < -0.39 is 0 Å². The lowest BCUT2D eigenvalue weighted by Gasteiger charge is -2.41. The maximum Gasteiger partial charge on any atom is 0.338 e. The summed E-state index contributed by atoms with van der Waals surface area (Å²) in [6, 6.07) is 17.5. The largest absolute Gasteiger partial charge is 0.465 e. The number of amides is 1. The lowest BCUT2D eigenvalue weighted by atomic mass is 9.70. The fourth-order valence-electron chi connectivity index (χ4n) is 4.63. The van der Waals surface area contributed by atoms with Gasteiger partial charge in [-0.05, 0) is 42.7 Å². The number of carbonyl (C=O) groups is 2. The van der Waals surface area contributed by atoms with Crippen molar-refractivity contribution in [1.82, 2.24) is 19.3 Å². The lowest BCUT2D eigenvalue weighted by molar-refractivity contribution is 0.0600. The van der Waals surface area contributed by atoms with Crippen LogP contribution in [-0.2, 0) is 10.2 Å². The van der Waals surface area contributed by atoms with Crippen molar-refractivity contribution in [2.45, 2.75) is 18.3 Å². The average molecular weight is 428 g/mol. The molecule has 0 unspecified atom stereocenters. The van der Waals surface area contributed by atoms with E-state index in [0.717, 1.165) is 18.5 Å². The number of aromatic amines is 1. The molecule has 3 aromatic heterocycles. The first-order valence-electron chi connectivity index (χ1n) is 10.7. The summed E-state index contributed by atoms with van der Waals surface area (Å²) in [6.07, 6.45) is 7.16. The van der Waals surface area contributed by atoms with Crippen molar-refractivity contribution in [3.05, 3.63) is 95.7 Å². The Morgan fingerprint density at radius 1 is 1.06 bits per heavy atom. The van der Waals surface area contributed by atoms with Gasteiger partial charge in [0.1, 0.15) is 11.3 Å². The topological polar surface area (TPSA) is 79.7 Å². The number of piperidine rings is 1. The number of imidazole rings is 1. The van der Waals surface area contributed by atoms with Crippen LogP contribution in [0.25, 0.3) is 5.65 Å². The molecule has 1 aliphatic rings. The second-order valence-electron chi connectivity index (χ2n) is 8.12. The van der Waals surface area contributed by atoms with Crippen LogP contribution >= 0.6 is 0 Å². The number of esters is 1. The molecular formula is C25H24N4O3. The fraction of sp³-hybridized carbons (Fsp3) is 0.240. The standard InChI is InChI=1S/C25H24N4O3/c1-32-24(31)18-9-13-29-17-21(27-22(29)16-18)25(19-6-3-2-4-7-19)10-14-28(15-11-25)23(30)20-8-5-12-26-20/h2-9,12-13,16-17,26H,10-11,14-15H2,1H3. The molecule has 1 aliphatic heterocycles. The van der Waals surface area contributed by atoms with E-state index in [4.69, 9.17) is 9.72 Å². The third kappa shape index (κ3) is 3.36. The van der Waals surface area contributed by atoms with Crippen LogP contribution in [0.5, 0.6) is 0 Å². The van der Waals surface area contributed by atoms with Crippen molar-refractivity contribution in [2.24, 2.45) is 0 Å². The highest BCUT2D eigenvalue weighted by molar-refractivity contribution is 5.92. The predicted molar refractivity (Wildman–Crippen MR) is 120 cm³/mol. The van der Waals surface area contributed by atoms with E-state index in [2.05, 4.69) is 17.1 Å². The SMILES string of the molecule is COC(=O)c1ccn2cc(C3(c4ccccc4)CCN(C(=O)c4ccc[nH]4)CC3)nc2c1. The van der Waals surface area contributed by atoms with Gasteiger partial charge in [-0.1, -0.05) is 30.3 Å². The number of methoxy groups -OCH3 is 1. The van der Waals surface area contributed by atoms with Crippen LogP contribution in [0.3, 0.4) is 0 Å². The molecule has 162 valence electrons. The van der Waals surface area contributed by atoms with E-state index in [1.807, 2.05) is 52.0 Å². The van der Waals surface area contributed by atoms with Crippen LogP contribution in [0.4, 0.5) is 0 Å². The van der Waals surface area contributed by atoms with Crippen molar-refractivity contribution in [3.63, 3.8) is 0 Å². The van der Waals surface area contributed by atoms with Gasteiger partial charge in [0.05, 0.1) is 18.4 Å². The Morgan fingerprint density at radius 2 is 1.84 bits per heavy atom. The van der Waals surface area contributed by atoms with Crippen LogP contribution in [-0.4, -0.2) is 51.3 Å². The minimum absolute atomic E-state index is 0.0226. The van der Waals surface area contributed by atoms with E-state index >= 15 is 0 Å². The molecule has 0 saturated carbocycles. The number of hydrogen-bond acceptors (Lipinski definition) is 4. The van der Waals surface area contributed by atoms with Gasteiger partial charge in [0, 0.05) is 37.1 Å². The molecule has 1 amide bonds. The Balaban J connectivity index is 1.51. The maximum absolute atomic E-state index is 12.8. The van der Waals surface area contributed by atoms with E-state index in [1.54, 1.807) is 18.3 Å². The Hall–Kier alpha value is -3.87. The summed E-state index contributed by atoms with van der Waals surface area (Å²) in [5.74, 6) is -0.361. The second kappa shape index (κ2) is 8.00. The van der Waals surface area contributed by atoms with Crippen molar-refractivity contribution >= 4 is 17.5 Å². The summed E-state index contributed by atoms with van der Waals surface area (Å²) < 4.78 is 6.78. The van der Waals surface area contributed by atoms with E-state index in [0.29, 0.717) is 30.0 Å². The number of H-pyrrole nitrogens is 1. The first kappa shape index (κ1) is 20.1. The van der Waals surface area contributed by atoms with Crippen LogP contribution < -0.4 is 0 Å². The highest BCUT2D eigenvalue weighted by Crippen LogP contribution is 2.41. The monoisotopic (exact) mass is 428 g/mol. The Kier molecular flexibility index (Phi) is 5.01. The van der Waals surface area contributed by atoms with Gasteiger partial charge in [0.25, 0.3) is 5.91 Å². The number of nitrogens with one attached hydrogen (secondary N) is 1. The number of fused-ring (bicyclic) bond motifs is 1. The van der Waals surface area contributed by atoms with E-state index in [1.165, 1.54) is 12.7 Å². The zero-order valence-electron chi connectivity index (χ0n) is 17.8. The number of pyridine rings is 1. The molecule has 4 aromatic rings. The number of ether oxygens (including phenoxy) is 1. The van der Waals surface area contributed by atoms with Gasteiger partial charge in [0.2, 0.25) is 0 Å². The molecule has 0 radical (unpaired) electrons. The molecule has 1 fully saturated rings. The molecule has 1 saturated heterocycles. The molecule has 7 heteroatoms. The van der Waals surface area contributed by atoms with Crippen LogP contribution in [0.15, 0.2) is 73.2 Å².